The lowest BCUT2D eigenvalue weighted by Crippen LogP contribution is -2.45. The van der Waals surface area contributed by atoms with Crippen molar-refractivity contribution < 1.29 is 34.8 Å². The van der Waals surface area contributed by atoms with Gasteiger partial charge in [-0.05, 0) is 43.5 Å². The standard InChI is InChI=1S/C19H18F6N2O2S/c1-2-17(16-13(19(23,24)25)7-5-11-26-16)10-9-15(27-17)30(28,29)14-8-4-3-6-12(14)18(20,21)22/h3-8,11,15,27H,2,9-10H2,1H3. The number of nitrogens with one attached hydrogen (secondary N) is 1. The SMILES string of the molecule is CCC1(c2ncccc2C(F)(F)F)CCC(S(=O)(=O)c2ccccc2C(F)(F)F)N1. The predicted molar refractivity (Wildman–Crippen MR) is 96.0 cm³/mol. The van der Waals surface area contributed by atoms with Crippen molar-refractivity contribution in [2.75, 3.05) is 0 Å². The Morgan fingerprint density at radius 3 is 2.23 bits per heavy atom. The van der Waals surface area contributed by atoms with Crippen molar-refractivity contribution in [1.82, 2.24) is 10.3 Å². The molecule has 2 atom stereocenters. The van der Waals surface area contributed by atoms with E-state index in [1.54, 1.807) is 6.92 Å². The Balaban J connectivity index is 2.05. The molecule has 30 heavy (non-hydrogen) atoms. The minimum Gasteiger partial charge on any atom is -0.290 e. The van der Waals surface area contributed by atoms with Gasteiger partial charge >= 0.3 is 12.4 Å². The Hall–Kier alpha value is -2.14. The van der Waals surface area contributed by atoms with Gasteiger partial charge in [0.1, 0.15) is 5.37 Å². The maximum Gasteiger partial charge on any atom is 0.418 e. The van der Waals surface area contributed by atoms with E-state index in [0.717, 1.165) is 24.3 Å². The molecule has 164 valence electrons. The summed E-state index contributed by atoms with van der Waals surface area (Å²) in [4.78, 5) is 2.96. The summed E-state index contributed by atoms with van der Waals surface area (Å²) in [6.07, 6.45) is -8.55. The summed E-state index contributed by atoms with van der Waals surface area (Å²) in [5.41, 5.74) is -4.11. The molecule has 2 heterocycles. The van der Waals surface area contributed by atoms with Gasteiger partial charge in [0.05, 0.1) is 27.3 Å². The van der Waals surface area contributed by atoms with E-state index >= 15 is 0 Å². The van der Waals surface area contributed by atoms with Crippen LogP contribution in [0.5, 0.6) is 0 Å². The van der Waals surface area contributed by atoms with Crippen molar-refractivity contribution in [2.45, 2.75) is 54.3 Å². The number of pyridine rings is 1. The maximum atomic E-state index is 13.5. The lowest BCUT2D eigenvalue weighted by Gasteiger charge is -2.31. The lowest BCUT2D eigenvalue weighted by molar-refractivity contribution is -0.140. The Morgan fingerprint density at radius 1 is 1.03 bits per heavy atom. The monoisotopic (exact) mass is 452 g/mol. The molecule has 4 nitrogen and oxygen atoms in total. The van der Waals surface area contributed by atoms with Crippen molar-refractivity contribution in [3.8, 4) is 0 Å². The zero-order valence-corrected chi connectivity index (χ0v) is 16.5. The van der Waals surface area contributed by atoms with Crippen molar-refractivity contribution in [3.63, 3.8) is 0 Å². The average Bonchev–Trinajstić information content (AvgIpc) is 3.13. The van der Waals surface area contributed by atoms with E-state index in [4.69, 9.17) is 0 Å². The second-order valence-electron chi connectivity index (χ2n) is 7.04. The number of nitrogens with zero attached hydrogens (tertiary/aromatic N) is 1. The summed E-state index contributed by atoms with van der Waals surface area (Å²) in [5.74, 6) is 0. The number of rotatable bonds is 4. The number of sulfone groups is 1. The van der Waals surface area contributed by atoms with E-state index in [1.165, 1.54) is 12.3 Å². The van der Waals surface area contributed by atoms with Crippen LogP contribution in [-0.2, 0) is 27.7 Å². The van der Waals surface area contributed by atoms with Gasteiger partial charge in [0.2, 0.25) is 0 Å². The highest BCUT2D eigenvalue weighted by atomic mass is 32.2. The third-order valence-electron chi connectivity index (χ3n) is 5.31. The van der Waals surface area contributed by atoms with Crippen LogP contribution in [0.3, 0.4) is 0 Å². The number of hydrogen-bond donors (Lipinski definition) is 1. The largest absolute Gasteiger partial charge is 0.418 e. The summed E-state index contributed by atoms with van der Waals surface area (Å²) in [6.45, 7) is 1.57. The summed E-state index contributed by atoms with van der Waals surface area (Å²) in [5, 5.41) is 1.20. The van der Waals surface area contributed by atoms with Gasteiger partial charge in [0.25, 0.3) is 0 Å². The first kappa shape index (κ1) is 22.5. The smallest absolute Gasteiger partial charge is 0.290 e. The Morgan fingerprint density at radius 2 is 1.63 bits per heavy atom. The van der Waals surface area contributed by atoms with Gasteiger partial charge < -0.3 is 0 Å². The first-order valence-corrected chi connectivity index (χ1v) is 10.6. The van der Waals surface area contributed by atoms with Crippen LogP contribution in [0.2, 0.25) is 0 Å². The molecule has 2 unspecified atom stereocenters. The molecule has 0 aliphatic carbocycles. The second-order valence-corrected chi connectivity index (χ2v) is 9.14. The summed E-state index contributed by atoms with van der Waals surface area (Å²) in [7, 11) is -4.53. The molecule has 2 aromatic rings. The number of aromatic nitrogens is 1. The molecule has 1 aromatic carbocycles. The molecule has 0 amide bonds. The quantitative estimate of drug-likeness (QED) is 0.670. The predicted octanol–water partition coefficient (Wildman–Crippen LogP) is 4.91. The molecule has 1 fully saturated rings. The Bertz CT molecular complexity index is 1040. The van der Waals surface area contributed by atoms with E-state index in [9.17, 15) is 34.8 Å². The van der Waals surface area contributed by atoms with Gasteiger partial charge in [-0.25, -0.2) is 8.42 Å². The van der Waals surface area contributed by atoms with Crippen LogP contribution in [0.4, 0.5) is 26.3 Å². The molecule has 0 bridgehead atoms. The van der Waals surface area contributed by atoms with Gasteiger partial charge in [-0.15, -0.1) is 0 Å². The number of hydrogen-bond acceptors (Lipinski definition) is 4. The minimum atomic E-state index is -4.89. The minimum absolute atomic E-state index is 0.0261. The Labute approximate surface area is 169 Å². The lowest BCUT2D eigenvalue weighted by atomic mass is 9.87. The van der Waals surface area contributed by atoms with Crippen LogP contribution in [-0.4, -0.2) is 18.8 Å². The maximum absolute atomic E-state index is 13.5. The van der Waals surface area contributed by atoms with Crippen LogP contribution >= 0.6 is 0 Å². The number of halogens is 6. The van der Waals surface area contributed by atoms with Crippen LogP contribution in [0.25, 0.3) is 0 Å². The van der Waals surface area contributed by atoms with E-state index in [-0.39, 0.29) is 25.0 Å². The molecule has 0 spiro atoms. The molecule has 1 aromatic heterocycles. The molecule has 0 radical (unpaired) electrons. The van der Waals surface area contributed by atoms with E-state index in [0.29, 0.717) is 6.07 Å². The van der Waals surface area contributed by atoms with Crippen molar-refractivity contribution in [2.24, 2.45) is 0 Å². The Kier molecular flexibility index (Phi) is 5.65. The molecule has 1 saturated heterocycles. The van der Waals surface area contributed by atoms with E-state index in [1.807, 2.05) is 0 Å². The number of alkyl halides is 6. The summed E-state index contributed by atoms with van der Waals surface area (Å²) in [6, 6.07) is 5.73. The van der Waals surface area contributed by atoms with Crippen LogP contribution in [0.15, 0.2) is 47.5 Å². The van der Waals surface area contributed by atoms with Crippen molar-refractivity contribution in [1.29, 1.82) is 0 Å². The van der Waals surface area contributed by atoms with Crippen LogP contribution in [0, 0.1) is 0 Å². The fraction of sp³-hybridized carbons (Fsp3) is 0.421. The van der Waals surface area contributed by atoms with E-state index < -0.39 is 49.1 Å². The molecule has 0 saturated carbocycles. The fourth-order valence-corrected chi connectivity index (χ4v) is 5.69. The zero-order chi connectivity index (χ0) is 22.4. The van der Waals surface area contributed by atoms with Crippen molar-refractivity contribution >= 4 is 9.84 Å². The molecule has 3 rings (SSSR count). The van der Waals surface area contributed by atoms with Gasteiger partial charge in [-0.3, -0.25) is 10.3 Å². The molecule has 1 N–H and O–H groups in total. The van der Waals surface area contributed by atoms with Crippen LogP contribution < -0.4 is 5.32 Å². The van der Waals surface area contributed by atoms with Gasteiger partial charge in [-0.1, -0.05) is 19.1 Å². The summed E-state index contributed by atoms with van der Waals surface area (Å²) < 4.78 is 106. The third-order valence-corrected chi connectivity index (χ3v) is 7.39. The molecular formula is C19H18F6N2O2S. The summed E-state index contributed by atoms with van der Waals surface area (Å²) >= 11 is 0. The molecule has 1 aliphatic rings. The zero-order valence-electron chi connectivity index (χ0n) is 15.7. The third kappa shape index (κ3) is 3.92. The first-order valence-electron chi connectivity index (χ1n) is 9.03. The second kappa shape index (κ2) is 7.52. The molecule has 1 aliphatic heterocycles. The van der Waals surface area contributed by atoms with Gasteiger partial charge in [0.15, 0.2) is 9.84 Å². The highest BCUT2D eigenvalue weighted by molar-refractivity contribution is 7.92. The van der Waals surface area contributed by atoms with E-state index in [2.05, 4.69) is 10.3 Å². The molecule has 11 heteroatoms. The fourth-order valence-electron chi connectivity index (χ4n) is 3.81. The highest BCUT2D eigenvalue weighted by Crippen LogP contribution is 2.44. The number of benzene rings is 1. The highest BCUT2D eigenvalue weighted by Gasteiger charge is 2.50. The van der Waals surface area contributed by atoms with Gasteiger partial charge in [0, 0.05) is 6.20 Å². The topological polar surface area (TPSA) is 59.1 Å². The van der Waals surface area contributed by atoms with Crippen LogP contribution in [0.1, 0.15) is 43.0 Å². The van der Waals surface area contributed by atoms with Gasteiger partial charge in [-0.2, -0.15) is 26.3 Å². The normalized spacial score (nSPS) is 23.0. The first-order chi connectivity index (χ1) is 13.8. The molecular weight excluding hydrogens is 434 g/mol. The van der Waals surface area contributed by atoms with Crippen molar-refractivity contribution in [3.05, 3.63) is 59.4 Å². The average molecular weight is 452 g/mol.